The molecule has 0 amide bonds. The first-order valence-electron chi connectivity index (χ1n) is 11.9. The van der Waals surface area contributed by atoms with Gasteiger partial charge in [-0.25, -0.2) is 0 Å². The number of hydrogen-bond acceptors (Lipinski definition) is 6. The Balaban J connectivity index is 1.50. The van der Waals surface area contributed by atoms with Crippen molar-refractivity contribution < 1.29 is 24.9 Å². The summed E-state index contributed by atoms with van der Waals surface area (Å²) in [6.07, 6.45) is 1.47. The maximum absolute atomic E-state index is 12.9. The first kappa shape index (κ1) is 18.6. The first-order valence-corrected chi connectivity index (χ1v) is 11.9. The van der Waals surface area contributed by atoms with Gasteiger partial charge in [-0.2, -0.15) is 0 Å². The average molecular weight is 416 g/mol. The number of carbonyl (C=O) groups is 1. The molecule has 6 saturated carbocycles. The molecule has 9 bridgehead atoms. The van der Waals surface area contributed by atoms with Crippen molar-refractivity contribution in [1.82, 2.24) is 4.90 Å². The van der Waals surface area contributed by atoms with Gasteiger partial charge in [0, 0.05) is 28.7 Å². The highest BCUT2D eigenvalue weighted by atomic mass is 16.5. The zero-order chi connectivity index (χ0) is 21.1. The van der Waals surface area contributed by atoms with Crippen LogP contribution in [-0.4, -0.2) is 62.8 Å². The Hall–Kier alpha value is -0.950. The van der Waals surface area contributed by atoms with E-state index in [2.05, 4.69) is 18.4 Å². The molecule has 3 saturated heterocycles. The Kier molecular flexibility index (Phi) is 3.10. The van der Waals surface area contributed by atoms with Crippen molar-refractivity contribution in [1.29, 1.82) is 0 Å². The summed E-state index contributed by atoms with van der Waals surface area (Å²) >= 11 is 0. The van der Waals surface area contributed by atoms with Crippen LogP contribution in [0.5, 0.6) is 0 Å². The predicted molar refractivity (Wildman–Crippen MR) is 107 cm³/mol. The Bertz CT molecular complexity index is 889. The van der Waals surface area contributed by atoms with E-state index in [1.165, 1.54) is 0 Å². The molecule has 9 fully saturated rings. The maximum atomic E-state index is 12.9. The summed E-state index contributed by atoms with van der Waals surface area (Å²) in [5.41, 5.74) is -0.291. The van der Waals surface area contributed by atoms with Crippen LogP contribution in [0.3, 0.4) is 0 Å². The van der Waals surface area contributed by atoms with Crippen molar-refractivity contribution in [2.45, 2.75) is 83.1 Å². The van der Waals surface area contributed by atoms with Crippen molar-refractivity contribution >= 4 is 5.97 Å². The molecule has 0 aromatic carbocycles. The molecule has 2 spiro atoms. The van der Waals surface area contributed by atoms with E-state index in [9.17, 15) is 20.1 Å². The lowest BCUT2D eigenvalue weighted by atomic mass is 9.38. The van der Waals surface area contributed by atoms with Crippen molar-refractivity contribution in [3.63, 3.8) is 0 Å². The molecule has 6 nitrogen and oxygen atoms in total. The summed E-state index contributed by atoms with van der Waals surface area (Å²) in [4.78, 5) is 15.2. The SMILES string of the molecule is C=C1[C@H]2C[C@@H]3[C@H]4N5[C@@H]6[C@@H]7[C@@](C)(CCC[C@@]74[C@H]([C@@H]2O)[C@@]3([C@@H]1O)[C@@H]6OC(=O)C(C)C)[C@H]5O. The lowest BCUT2D eigenvalue weighted by molar-refractivity contribution is -0.267. The molecule has 14 atom stereocenters. The summed E-state index contributed by atoms with van der Waals surface area (Å²) in [7, 11) is 0. The van der Waals surface area contributed by atoms with Gasteiger partial charge >= 0.3 is 5.97 Å². The summed E-state index contributed by atoms with van der Waals surface area (Å²) in [5, 5.41) is 34.8. The summed E-state index contributed by atoms with van der Waals surface area (Å²) < 4.78 is 6.29. The minimum Gasteiger partial charge on any atom is -0.460 e. The Morgan fingerprint density at radius 1 is 1.23 bits per heavy atom. The Labute approximate surface area is 177 Å². The predicted octanol–water partition coefficient (Wildman–Crippen LogP) is 1.29. The van der Waals surface area contributed by atoms with Crippen LogP contribution in [-0.2, 0) is 9.53 Å². The van der Waals surface area contributed by atoms with Crippen molar-refractivity contribution in [2.24, 2.45) is 45.8 Å². The molecule has 9 rings (SSSR count). The fraction of sp³-hybridized carbons (Fsp3) is 0.875. The molecule has 1 unspecified atom stereocenters. The fourth-order valence-corrected chi connectivity index (χ4v) is 10.9. The van der Waals surface area contributed by atoms with E-state index in [0.717, 1.165) is 31.3 Å². The first-order chi connectivity index (χ1) is 14.1. The number of aliphatic hydroxyl groups excluding tert-OH is 3. The van der Waals surface area contributed by atoms with Gasteiger partial charge in [0.15, 0.2) is 0 Å². The number of esters is 1. The van der Waals surface area contributed by atoms with Gasteiger partial charge in [0.05, 0.1) is 24.2 Å². The standard InChI is InChI=1S/C24H33NO5/c1-9(2)20(28)30-19-13-15-22(4)6-5-7-23(15)16-14(26)11-8-12(17(23)25(13)21(22)29)24(16,19)18(27)10(11)3/h9,11-19,21,26-27,29H,3,5-8H2,1-2,4H3/t11-,12-,13-,14-,15-,16+,17-,18-,19-,21-,22-,23+,24+/m1/s1. The number of hydrogen-bond donors (Lipinski definition) is 3. The van der Waals surface area contributed by atoms with Gasteiger partial charge < -0.3 is 20.1 Å². The lowest BCUT2D eigenvalue weighted by Gasteiger charge is -2.67. The quantitative estimate of drug-likeness (QED) is 0.465. The Morgan fingerprint density at radius 3 is 2.67 bits per heavy atom. The van der Waals surface area contributed by atoms with Gasteiger partial charge in [-0.1, -0.05) is 33.8 Å². The molecule has 9 aliphatic rings. The Morgan fingerprint density at radius 2 is 1.97 bits per heavy atom. The number of ether oxygens (including phenoxy) is 1. The van der Waals surface area contributed by atoms with E-state index in [1.807, 2.05) is 13.8 Å². The maximum Gasteiger partial charge on any atom is 0.308 e. The number of carbonyl (C=O) groups excluding carboxylic acids is 1. The molecule has 0 aromatic heterocycles. The molecule has 6 heteroatoms. The van der Waals surface area contributed by atoms with Crippen molar-refractivity contribution in [3.8, 4) is 0 Å². The minimum absolute atomic E-state index is 0.0743. The van der Waals surface area contributed by atoms with E-state index < -0.39 is 30.0 Å². The van der Waals surface area contributed by atoms with E-state index in [-0.39, 0.29) is 58.5 Å². The van der Waals surface area contributed by atoms with Crippen molar-refractivity contribution in [2.75, 3.05) is 0 Å². The number of piperidine rings is 2. The highest BCUT2D eigenvalue weighted by molar-refractivity contribution is 5.72. The van der Waals surface area contributed by atoms with Crippen LogP contribution >= 0.6 is 0 Å². The molecular formula is C24H33NO5. The molecule has 0 radical (unpaired) electrons. The molecular weight excluding hydrogens is 382 g/mol. The third kappa shape index (κ3) is 1.44. The van der Waals surface area contributed by atoms with Crippen LogP contribution in [0.1, 0.15) is 46.5 Å². The summed E-state index contributed by atoms with van der Waals surface area (Å²) in [5.74, 6) is -0.385. The summed E-state index contributed by atoms with van der Waals surface area (Å²) in [6, 6.07) is 0.0899. The van der Waals surface area contributed by atoms with Gasteiger partial charge in [0.25, 0.3) is 0 Å². The normalized spacial score (nSPS) is 65.7. The third-order valence-electron chi connectivity index (χ3n) is 11.3. The summed E-state index contributed by atoms with van der Waals surface area (Å²) in [6.45, 7) is 10.1. The molecule has 6 aliphatic carbocycles. The topological polar surface area (TPSA) is 90.2 Å². The largest absolute Gasteiger partial charge is 0.460 e. The molecule has 0 aromatic rings. The molecule has 30 heavy (non-hydrogen) atoms. The average Bonchev–Trinajstić information content (AvgIpc) is 3.13. The van der Waals surface area contributed by atoms with Gasteiger partial charge in [-0.15, -0.1) is 0 Å². The van der Waals surface area contributed by atoms with E-state index >= 15 is 0 Å². The van der Waals surface area contributed by atoms with Crippen LogP contribution in [0.15, 0.2) is 12.2 Å². The molecule has 164 valence electrons. The van der Waals surface area contributed by atoms with Crippen LogP contribution in [0, 0.1) is 45.8 Å². The second-order valence-corrected chi connectivity index (χ2v) is 12.1. The minimum atomic E-state index is -0.754. The van der Waals surface area contributed by atoms with E-state index in [4.69, 9.17) is 4.74 Å². The van der Waals surface area contributed by atoms with Crippen molar-refractivity contribution in [3.05, 3.63) is 12.2 Å². The highest BCUT2D eigenvalue weighted by Gasteiger charge is 2.94. The van der Waals surface area contributed by atoms with Gasteiger partial charge in [0.2, 0.25) is 0 Å². The van der Waals surface area contributed by atoms with Crippen LogP contribution in [0.25, 0.3) is 0 Å². The zero-order valence-corrected chi connectivity index (χ0v) is 18.0. The second-order valence-electron chi connectivity index (χ2n) is 12.1. The monoisotopic (exact) mass is 415 g/mol. The number of fused-ring (bicyclic) bond motifs is 1. The smallest absolute Gasteiger partial charge is 0.308 e. The van der Waals surface area contributed by atoms with Crippen LogP contribution in [0.4, 0.5) is 0 Å². The fourth-order valence-electron chi connectivity index (χ4n) is 10.9. The molecule has 3 heterocycles. The molecule has 3 aliphatic heterocycles. The number of rotatable bonds is 2. The number of aliphatic hydroxyl groups is 3. The number of nitrogens with zero attached hydrogens (tertiary/aromatic N) is 1. The zero-order valence-electron chi connectivity index (χ0n) is 18.0. The van der Waals surface area contributed by atoms with Gasteiger partial charge in [-0.3, -0.25) is 9.69 Å². The van der Waals surface area contributed by atoms with E-state index in [1.54, 1.807) is 0 Å². The van der Waals surface area contributed by atoms with Crippen LogP contribution < -0.4 is 0 Å². The van der Waals surface area contributed by atoms with Gasteiger partial charge in [0.1, 0.15) is 12.3 Å². The van der Waals surface area contributed by atoms with E-state index in [0.29, 0.717) is 0 Å². The third-order valence-corrected chi connectivity index (χ3v) is 11.3. The lowest BCUT2D eigenvalue weighted by Crippen LogP contribution is -2.75. The highest BCUT2D eigenvalue weighted by Crippen LogP contribution is 2.88. The second kappa shape index (κ2) is 5.00. The van der Waals surface area contributed by atoms with Crippen LogP contribution in [0.2, 0.25) is 0 Å². The van der Waals surface area contributed by atoms with Gasteiger partial charge in [-0.05, 0) is 42.1 Å². The molecule has 3 N–H and O–H groups in total.